The fraction of sp³-hybridized carbons (Fsp3) is 0.875. The summed E-state index contributed by atoms with van der Waals surface area (Å²) < 4.78 is 0.426. The molecule has 5 nitrogen and oxygen atoms in total. The third-order valence-electron chi connectivity index (χ3n) is 3.51. The molecule has 0 spiro atoms. The molecule has 0 aromatic rings. The maximum absolute atomic E-state index is 12.1. The van der Waals surface area contributed by atoms with Gasteiger partial charge < -0.3 is 14.7 Å². The highest BCUT2D eigenvalue weighted by molar-refractivity contribution is 5.98. The second-order valence-corrected chi connectivity index (χ2v) is 6.84. The van der Waals surface area contributed by atoms with Crippen LogP contribution in [0.15, 0.2) is 0 Å². The highest BCUT2D eigenvalue weighted by Gasteiger charge is 2.35. The minimum Gasteiger partial charge on any atom is -0.481 e. The first-order chi connectivity index (χ1) is 9.69. The van der Waals surface area contributed by atoms with Crippen LogP contribution in [0.25, 0.3) is 0 Å². The predicted molar refractivity (Wildman–Crippen MR) is 83.0 cm³/mol. The molecule has 21 heavy (non-hydrogen) atoms. The number of quaternary nitrogens is 1. The van der Waals surface area contributed by atoms with Gasteiger partial charge in [0.1, 0.15) is 24.3 Å². The summed E-state index contributed by atoms with van der Waals surface area (Å²) in [4.78, 5) is 23.3. The molecule has 0 heterocycles. The molecule has 0 radical (unpaired) electrons. The van der Waals surface area contributed by atoms with Crippen LogP contribution >= 0.6 is 0 Å². The van der Waals surface area contributed by atoms with Gasteiger partial charge in [0.05, 0.1) is 21.1 Å². The largest absolute Gasteiger partial charge is 0.481 e. The Hall–Kier alpha value is -0.940. The van der Waals surface area contributed by atoms with E-state index in [2.05, 4.69) is 6.92 Å². The number of nitrogens with zero attached hydrogens (tertiary/aromatic N) is 1. The molecule has 0 aliphatic heterocycles. The Bertz CT molecular complexity index is 323. The lowest BCUT2D eigenvalue weighted by molar-refractivity contribution is -0.873. The normalized spacial score (nSPS) is 14.7. The zero-order valence-electron chi connectivity index (χ0n) is 14.0. The van der Waals surface area contributed by atoms with Gasteiger partial charge in [-0.1, -0.05) is 39.0 Å². The van der Waals surface area contributed by atoms with Gasteiger partial charge in [-0.15, -0.1) is 0 Å². The van der Waals surface area contributed by atoms with E-state index < -0.39 is 18.0 Å². The molecule has 5 heteroatoms. The number of likely N-dealkylation sites (N-methyl/N-ethyl adjacent to an activating group) is 1. The highest BCUT2D eigenvalue weighted by Crippen LogP contribution is 2.15. The van der Waals surface area contributed by atoms with Crippen molar-refractivity contribution < 1.29 is 24.3 Å². The molecular weight excluding hydrogens is 270 g/mol. The number of aliphatic hydroxyl groups is 1. The number of hydrogen-bond acceptors (Lipinski definition) is 3. The highest BCUT2D eigenvalue weighted by atomic mass is 16.4. The minimum absolute atomic E-state index is 0.247. The summed E-state index contributed by atoms with van der Waals surface area (Å²) in [7, 11) is 5.58. The van der Waals surface area contributed by atoms with Crippen LogP contribution in [0.1, 0.15) is 51.9 Å². The van der Waals surface area contributed by atoms with Crippen molar-refractivity contribution in [2.75, 3.05) is 27.7 Å². The summed E-state index contributed by atoms with van der Waals surface area (Å²) in [5.74, 6) is -2.86. The van der Waals surface area contributed by atoms with E-state index in [4.69, 9.17) is 0 Å². The Morgan fingerprint density at radius 2 is 1.52 bits per heavy atom. The second-order valence-electron chi connectivity index (χ2n) is 6.84. The van der Waals surface area contributed by atoms with Crippen molar-refractivity contribution in [2.45, 2.75) is 58.0 Å². The first kappa shape index (κ1) is 20.1. The van der Waals surface area contributed by atoms with Gasteiger partial charge >= 0.3 is 5.97 Å². The fourth-order valence-corrected chi connectivity index (χ4v) is 2.42. The van der Waals surface area contributed by atoms with E-state index in [1.807, 2.05) is 21.1 Å². The number of rotatable bonds is 12. The number of ketones is 1. The third-order valence-corrected chi connectivity index (χ3v) is 3.51. The second kappa shape index (κ2) is 9.90. The smallest absolute Gasteiger partial charge is 0.316 e. The molecule has 0 amide bonds. The van der Waals surface area contributed by atoms with Crippen LogP contribution in [-0.2, 0) is 9.59 Å². The van der Waals surface area contributed by atoms with Crippen LogP contribution < -0.4 is 0 Å². The lowest BCUT2D eigenvalue weighted by Gasteiger charge is -2.28. The molecule has 0 aliphatic rings. The molecule has 0 aliphatic carbocycles. The number of aliphatic hydroxyl groups excluding tert-OH is 1. The Balaban J connectivity index is 4.27. The van der Waals surface area contributed by atoms with Gasteiger partial charge in [0.2, 0.25) is 0 Å². The number of carboxylic acid groups (broad SMARTS) is 1. The molecule has 0 fully saturated rings. The standard InChI is InChI=1S/C16H31NO4/c1-5-6-7-8-9-10-11-13(18)15(16(20)21)14(19)12-17(2,3)4/h14-15,19H,5-12H2,1-4H3/p+1. The van der Waals surface area contributed by atoms with Crippen molar-refractivity contribution in [1.29, 1.82) is 0 Å². The summed E-state index contributed by atoms with van der Waals surface area (Å²) in [6.07, 6.45) is 5.41. The summed E-state index contributed by atoms with van der Waals surface area (Å²) in [6.45, 7) is 2.40. The topological polar surface area (TPSA) is 74.6 Å². The maximum Gasteiger partial charge on any atom is 0.316 e. The van der Waals surface area contributed by atoms with Crippen LogP contribution in [0.3, 0.4) is 0 Å². The number of aliphatic carboxylic acids is 1. The molecule has 2 unspecified atom stereocenters. The zero-order chi connectivity index (χ0) is 16.5. The molecule has 0 bridgehead atoms. The summed E-state index contributed by atoms with van der Waals surface area (Å²) in [6, 6.07) is 0. The van der Waals surface area contributed by atoms with Crippen LogP contribution in [0.2, 0.25) is 0 Å². The van der Waals surface area contributed by atoms with Gasteiger partial charge in [-0.3, -0.25) is 9.59 Å². The number of carbonyl (C=O) groups excluding carboxylic acids is 1. The number of Topliss-reactive ketones (excluding diaryl/α,β-unsaturated/α-hetero) is 1. The zero-order valence-corrected chi connectivity index (χ0v) is 14.0. The van der Waals surface area contributed by atoms with Crippen molar-refractivity contribution >= 4 is 11.8 Å². The van der Waals surface area contributed by atoms with Gasteiger partial charge in [0.15, 0.2) is 0 Å². The Morgan fingerprint density at radius 3 is 2.00 bits per heavy atom. The van der Waals surface area contributed by atoms with E-state index in [0.29, 0.717) is 10.9 Å². The lowest BCUT2D eigenvalue weighted by atomic mass is 9.93. The average molecular weight is 302 g/mol. The van der Waals surface area contributed by atoms with Crippen molar-refractivity contribution in [1.82, 2.24) is 0 Å². The van der Waals surface area contributed by atoms with Crippen LogP contribution in [0.4, 0.5) is 0 Å². The monoisotopic (exact) mass is 302 g/mol. The van der Waals surface area contributed by atoms with E-state index in [0.717, 1.165) is 19.3 Å². The van der Waals surface area contributed by atoms with Crippen molar-refractivity contribution in [2.24, 2.45) is 5.92 Å². The molecule has 0 aromatic heterocycles. The van der Waals surface area contributed by atoms with Crippen molar-refractivity contribution in [3.05, 3.63) is 0 Å². The van der Waals surface area contributed by atoms with Gasteiger partial charge in [-0.05, 0) is 6.42 Å². The summed E-state index contributed by atoms with van der Waals surface area (Å²) in [5.41, 5.74) is 0. The first-order valence-electron chi connectivity index (χ1n) is 7.93. The third kappa shape index (κ3) is 9.58. The van der Waals surface area contributed by atoms with Crippen LogP contribution in [-0.4, -0.2) is 60.2 Å². The van der Waals surface area contributed by atoms with Crippen LogP contribution in [0, 0.1) is 5.92 Å². The van der Waals surface area contributed by atoms with Crippen LogP contribution in [0.5, 0.6) is 0 Å². The maximum atomic E-state index is 12.1. The fourth-order valence-electron chi connectivity index (χ4n) is 2.42. The minimum atomic E-state index is -1.29. The van der Waals surface area contributed by atoms with Crippen molar-refractivity contribution in [3.8, 4) is 0 Å². The Labute approximate surface area is 128 Å². The van der Waals surface area contributed by atoms with E-state index in [-0.39, 0.29) is 18.7 Å². The van der Waals surface area contributed by atoms with E-state index in [9.17, 15) is 19.8 Å². The first-order valence-corrected chi connectivity index (χ1v) is 7.93. The van der Waals surface area contributed by atoms with Gasteiger partial charge in [0, 0.05) is 6.42 Å². The molecule has 124 valence electrons. The molecule has 0 saturated heterocycles. The number of unbranched alkanes of at least 4 members (excludes halogenated alkanes) is 5. The average Bonchev–Trinajstić information content (AvgIpc) is 2.30. The van der Waals surface area contributed by atoms with E-state index in [1.165, 1.54) is 12.8 Å². The molecule has 0 aromatic carbocycles. The predicted octanol–water partition coefficient (Wildman–Crippen LogP) is 2.07. The molecule has 2 atom stereocenters. The number of carbonyl (C=O) groups is 2. The quantitative estimate of drug-likeness (QED) is 0.329. The lowest BCUT2D eigenvalue weighted by Crippen LogP contribution is -2.47. The van der Waals surface area contributed by atoms with Gasteiger partial charge in [-0.25, -0.2) is 0 Å². The molecular formula is C16H32NO4+. The number of carboxylic acids is 1. The van der Waals surface area contributed by atoms with Crippen molar-refractivity contribution in [3.63, 3.8) is 0 Å². The number of hydrogen-bond donors (Lipinski definition) is 2. The van der Waals surface area contributed by atoms with Gasteiger partial charge in [0.25, 0.3) is 0 Å². The SMILES string of the molecule is CCCCCCCCC(=O)C(C(=O)O)C(O)C[N+](C)(C)C. The van der Waals surface area contributed by atoms with E-state index >= 15 is 0 Å². The molecule has 0 saturated carbocycles. The van der Waals surface area contributed by atoms with Gasteiger partial charge in [-0.2, -0.15) is 0 Å². The molecule has 0 rings (SSSR count). The molecule has 2 N–H and O–H groups in total. The van der Waals surface area contributed by atoms with E-state index in [1.54, 1.807) is 0 Å². The Kier molecular flexibility index (Phi) is 9.46. The summed E-state index contributed by atoms with van der Waals surface area (Å²) >= 11 is 0. The summed E-state index contributed by atoms with van der Waals surface area (Å²) in [5, 5.41) is 19.2. The Morgan fingerprint density at radius 1 is 1.00 bits per heavy atom.